The topological polar surface area (TPSA) is 25.8 Å². The third kappa shape index (κ3) is 10.7. The second kappa shape index (κ2) is 15.1. The minimum atomic E-state index is 1.03. The van der Waals surface area contributed by atoms with E-state index in [-0.39, 0.29) is 0 Å². The van der Waals surface area contributed by atoms with E-state index in [4.69, 9.17) is 0 Å². The maximum Gasteiger partial charge on any atom is 0.0621 e. The molecule has 0 atom stereocenters. The third-order valence-corrected chi connectivity index (χ3v) is 2.53. The summed E-state index contributed by atoms with van der Waals surface area (Å²) < 4.78 is 0. The zero-order chi connectivity index (χ0) is 15.1. The Balaban J connectivity index is 0. The zero-order valence-electron chi connectivity index (χ0n) is 14.2. The van der Waals surface area contributed by atoms with Crippen LogP contribution in [0.15, 0.2) is 6.20 Å². The summed E-state index contributed by atoms with van der Waals surface area (Å²) in [5.74, 6) is 0. The lowest BCUT2D eigenvalue weighted by Gasteiger charge is -2.06. The Morgan fingerprint density at radius 1 is 0.789 bits per heavy atom. The number of aryl methyl sites for hydroxylation is 3. The Bertz CT molecular complexity index is 293. The second-order valence-electron chi connectivity index (χ2n) is 4.40. The Morgan fingerprint density at radius 2 is 1.26 bits per heavy atom. The van der Waals surface area contributed by atoms with Crippen molar-refractivity contribution in [1.29, 1.82) is 0 Å². The van der Waals surface area contributed by atoms with E-state index in [9.17, 15) is 0 Å². The number of hydrogen-bond acceptors (Lipinski definition) is 2. The van der Waals surface area contributed by atoms with Gasteiger partial charge in [-0.1, -0.05) is 67.2 Å². The highest BCUT2D eigenvalue weighted by Crippen LogP contribution is 2.08. The lowest BCUT2D eigenvalue weighted by molar-refractivity contribution is 0.788. The summed E-state index contributed by atoms with van der Waals surface area (Å²) >= 11 is 0. The van der Waals surface area contributed by atoms with Crippen molar-refractivity contribution in [2.75, 3.05) is 0 Å². The van der Waals surface area contributed by atoms with Gasteiger partial charge in [-0.3, -0.25) is 9.97 Å². The van der Waals surface area contributed by atoms with Gasteiger partial charge in [0.1, 0.15) is 0 Å². The fourth-order valence-corrected chi connectivity index (χ4v) is 1.43. The number of aromatic nitrogens is 2. The molecule has 2 nitrogen and oxygen atoms in total. The van der Waals surface area contributed by atoms with Gasteiger partial charge in [0.25, 0.3) is 0 Å². The molecule has 19 heavy (non-hydrogen) atoms. The van der Waals surface area contributed by atoms with Crippen LogP contribution >= 0.6 is 0 Å². The molecule has 0 aliphatic heterocycles. The molecule has 2 heteroatoms. The molecule has 0 aromatic carbocycles. The zero-order valence-corrected chi connectivity index (χ0v) is 14.2. The monoisotopic (exact) mass is 266 g/mol. The van der Waals surface area contributed by atoms with Crippen molar-refractivity contribution in [3.8, 4) is 0 Å². The van der Waals surface area contributed by atoms with Gasteiger partial charge < -0.3 is 0 Å². The minimum Gasteiger partial charge on any atom is -0.258 e. The van der Waals surface area contributed by atoms with Crippen molar-refractivity contribution < 1.29 is 0 Å². The number of rotatable bonds is 5. The van der Waals surface area contributed by atoms with Crippen LogP contribution in [0.5, 0.6) is 0 Å². The fraction of sp³-hybridized carbons (Fsp3) is 0.765. The van der Waals surface area contributed by atoms with E-state index in [0.29, 0.717) is 0 Å². The Labute approximate surface area is 121 Å². The van der Waals surface area contributed by atoms with Crippen LogP contribution in [-0.2, 0) is 12.8 Å². The summed E-state index contributed by atoms with van der Waals surface area (Å²) in [6.07, 6.45) is 8.92. The van der Waals surface area contributed by atoms with Gasteiger partial charge in [0, 0.05) is 6.20 Å². The van der Waals surface area contributed by atoms with E-state index in [1.165, 1.54) is 24.2 Å². The Kier molecular flexibility index (Phi) is 16.3. The Hall–Kier alpha value is -0.920. The van der Waals surface area contributed by atoms with E-state index in [1.807, 2.05) is 27.0 Å². The van der Waals surface area contributed by atoms with Gasteiger partial charge in [-0.15, -0.1) is 0 Å². The van der Waals surface area contributed by atoms with Crippen LogP contribution in [-0.4, -0.2) is 9.97 Å². The minimum absolute atomic E-state index is 1.03. The first kappa shape index (κ1) is 20.4. The highest BCUT2D eigenvalue weighted by atomic mass is 14.8. The molecule has 1 rings (SSSR count). The van der Waals surface area contributed by atoms with Crippen molar-refractivity contribution in [2.45, 2.75) is 87.0 Å². The molecule has 0 amide bonds. The van der Waals surface area contributed by atoms with E-state index in [2.05, 4.69) is 37.7 Å². The van der Waals surface area contributed by atoms with Gasteiger partial charge in [0.05, 0.1) is 17.1 Å². The molecule has 0 fully saturated rings. The number of nitrogens with zero attached hydrogens (tertiary/aromatic N) is 2. The molecule has 0 N–H and O–H groups in total. The second-order valence-corrected chi connectivity index (χ2v) is 4.40. The summed E-state index contributed by atoms with van der Waals surface area (Å²) in [5.41, 5.74) is 3.42. The summed E-state index contributed by atoms with van der Waals surface area (Å²) in [6.45, 7) is 14.7. The predicted molar refractivity (Wildman–Crippen MR) is 86.7 cm³/mol. The maximum absolute atomic E-state index is 4.52. The smallest absolute Gasteiger partial charge is 0.0621 e. The van der Waals surface area contributed by atoms with Crippen LogP contribution in [0.4, 0.5) is 0 Å². The largest absolute Gasteiger partial charge is 0.258 e. The summed E-state index contributed by atoms with van der Waals surface area (Å²) in [6, 6.07) is 0. The fourth-order valence-electron chi connectivity index (χ4n) is 1.43. The van der Waals surface area contributed by atoms with Gasteiger partial charge in [-0.05, 0) is 19.8 Å². The summed E-state index contributed by atoms with van der Waals surface area (Å²) in [7, 11) is 0. The highest BCUT2D eigenvalue weighted by molar-refractivity contribution is 5.13. The van der Waals surface area contributed by atoms with Gasteiger partial charge >= 0.3 is 0 Å². The molecule has 0 saturated carbocycles. The molecule has 0 spiro atoms. The van der Waals surface area contributed by atoms with Crippen LogP contribution < -0.4 is 0 Å². The van der Waals surface area contributed by atoms with Crippen molar-refractivity contribution in [3.63, 3.8) is 0 Å². The molecular formula is C17H34N2. The molecular weight excluding hydrogens is 232 g/mol. The standard InChI is InChI=1S/C11H18N2.C4H10.C2H6/c1-4-6-10-11(7-5-2)13-9(3)8-12-10;1-3-4-2;1-2/h8H,4-7H2,1-3H3;3-4H2,1-2H3;1-2H3. The van der Waals surface area contributed by atoms with Gasteiger partial charge in [0.2, 0.25) is 0 Å². The first-order valence-electron chi connectivity index (χ1n) is 8.00. The third-order valence-electron chi connectivity index (χ3n) is 2.53. The van der Waals surface area contributed by atoms with E-state index in [1.54, 1.807) is 0 Å². The van der Waals surface area contributed by atoms with E-state index in [0.717, 1.165) is 31.4 Å². The SMILES string of the molecule is CC.CCCC.CCCc1ncc(C)nc1CCC. The number of hydrogen-bond donors (Lipinski definition) is 0. The summed E-state index contributed by atoms with van der Waals surface area (Å²) in [4.78, 5) is 8.94. The quantitative estimate of drug-likeness (QED) is 0.701. The van der Waals surface area contributed by atoms with Gasteiger partial charge in [-0.25, -0.2) is 0 Å². The molecule has 0 radical (unpaired) electrons. The number of unbranched alkanes of at least 4 members (excludes halogenated alkanes) is 1. The van der Waals surface area contributed by atoms with Crippen molar-refractivity contribution in [2.24, 2.45) is 0 Å². The molecule has 1 aromatic heterocycles. The van der Waals surface area contributed by atoms with Crippen LogP contribution in [0.2, 0.25) is 0 Å². The average molecular weight is 266 g/mol. The molecule has 112 valence electrons. The molecule has 0 saturated heterocycles. The average Bonchev–Trinajstić information content (AvgIpc) is 2.45. The first-order chi connectivity index (χ1) is 9.19. The lowest BCUT2D eigenvalue weighted by atomic mass is 10.1. The molecule has 1 heterocycles. The lowest BCUT2D eigenvalue weighted by Crippen LogP contribution is -2.02. The molecule has 0 aliphatic carbocycles. The first-order valence-corrected chi connectivity index (χ1v) is 8.00. The Morgan fingerprint density at radius 3 is 1.68 bits per heavy atom. The van der Waals surface area contributed by atoms with Crippen molar-refractivity contribution in [1.82, 2.24) is 9.97 Å². The molecule has 0 bridgehead atoms. The molecule has 0 aliphatic rings. The normalized spacial score (nSPS) is 9.00. The van der Waals surface area contributed by atoms with Gasteiger partial charge in [-0.2, -0.15) is 0 Å². The van der Waals surface area contributed by atoms with E-state index < -0.39 is 0 Å². The van der Waals surface area contributed by atoms with Crippen LogP contribution in [0, 0.1) is 6.92 Å². The van der Waals surface area contributed by atoms with Crippen LogP contribution in [0.3, 0.4) is 0 Å². The van der Waals surface area contributed by atoms with Gasteiger partial charge in [0.15, 0.2) is 0 Å². The van der Waals surface area contributed by atoms with E-state index >= 15 is 0 Å². The predicted octanol–water partition coefficient (Wildman–Crippen LogP) is 5.52. The maximum atomic E-state index is 4.52. The van der Waals surface area contributed by atoms with Crippen molar-refractivity contribution >= 4 is 0 Å². The van der Waals surface area contributed by atoms with Crippen LogP contribution in [0.1, 0.15) is 84.3 Å². The molecule has 0 unspecified atom stereocenters. The van der Waals surface area contributed by atoms with Crippen LogP contribution in [0.25, 0.3) is 0 Å². The summed E-state index contributed by atoms with van der Waals surface area (Å²) in [5, 5.41) is 0. The highest BCUT2D eigenvalue weighted by Gasteiger charge is 2.03. The molecule has 1 aromatic rings. The van der Waals surface area contributed by atoms with Crippen molar-refractivity contribution in [3.05, 3.63) is 23.3 Å².